The molecule has 2 heterocycles. The first-order valence-corrected chi connectivity index (χ1v) is 17.5. The van der Waals surface area contributed by atoms with Gasteiger partial charge in [0.2, 0.25) is 11.5 Å². The summed E-state index contributed by atoms with van der Waals surface area (Å²) in [5.41, 5.74) is 2.26. The lowest BCUT2D eigenvalue weighted by atomic mass is 10.1. The summed E-state index contributed by atoms with van der Waals surface area (Å²) in [7, 11) is -8.19. The highest BCUT2D eigenvalue weighted by Crippen LogP contribution is 2.42. The number of nitrogens with zero attached hydrogens (tertiary/aromatic N) is 2. The highest BCUT2D eigenvalue weighted by molar-refractivity contribution is 7.86. The molecule has 0 fully saturated rings. The number of fused-ring (bicyclic) bond motifs is 4. The molecule has 1 aromatic heterocycles. The minimum atomic E-state index is -4.10. The van der Waals surface area contributed by atoms with Crippen LogP contribution in [-0.4, -0.2) is 44.0 Å². The van der Waals surface area contributed by atoms with Crippen molar-refractivity contribution in [3.8, 4) is 5.75 Å². The zero-order valence-corrected chi connectivity index (χ0v) is 25.7. The highest BCUT2D eigenvalue weighted by Gasteiger charge is 2.27. The fourth-order valence-corrected chi connectivity index (χ4v) is 6.42. The van der Waals surface area contributed by atoms with Gasteiger partial charge in [0.05, 0.1) is 23.3 Å². The molecule has 0 amide bonds. The van der Waals surface area contributed by atoms with Crippen molar-refractivity contribution in [1.82, 2.24) is 0 Å². The summed E-state index contributed by atoms with van der Waals surface area (Å²) < 4.78 is 78.0. The topological polar surface area (TPSA) is 138 Å². The molecule has 0 saturated carbocycles. The van der Waals surface area contributed by atoms with Gasteiger partial charge in [-0.25, -0.2) is 0 Å². The van der Waals surface area contributed by atoms with Crippen molar-refractivity contribution in [3.05, 3.63) is 109 Å². The number of ether oxygens (including phenoxy) is 1. The minimum absolute atomic E-state index is 0.202. The van der Waals surface area contributed by atoms with Gasteiger partial charge in [-0.3, -0.25) is 9.11 Å². The molecular weight excluding hydrogens is 617 g/mol. The van der Waals surface area contributed by atoms with E-state index in [0.29, 0.717) is 36.2 Å². The zero-order valence-electron chi connectivity index (χ0n) is 24.1. The quantitative estimate of drug-likeness (QED) is 0.102. The molecule has 1 aliphatic rings. The van der Waals surface area contributed by atoms with Gasteiger partial charge in [-0.2, -0.15) is 21.4 Å². The molecule has 0 aliphatic carbocycles. The Morgan fingerprint density at radius 2 is 1.38 bits per heavy atom. The van der Waals surface area contributed by atoms with Gasteiger partial charge in [0.25, 0.3) is 25.8 Å². The zero-order chi connectivity index (χ0) is 31.6. The Balaban J connectivity index is 1.26. The van der Waals surface area contributed by atoms with Crippen LogP contribution in [0.5, 0.6) is 5.75 Å². The summed E-state index contributed by atoms with van der Waals surface area (Å²) >= 11 is 0. The maximum atomic E-state index is 11.3. The fraction of sp³-hybridized carbons (Fsp3) is 0.182. The van der Waals surface area contributed by atoms with Crippen molar-refractivity contribution >= 4 is 64.6 Å². The third kappa shape index (κ3) is 7.26. The second-order valence-corrected chi connectivity index (χ2v) is 13.9. The average molecular weight is 648 g/mol. The molecule has 45 heavy (non-hydrogen) atoms. The van der Waals surface area contributed by atoms with Crippen LogP contribution in [0, 0.1) is 0 Å². The van der Waals surface area contributed by atoms with E-state index in [-0.39, 0.29) is 24.3 Å². The number of oxazole rings is 1. The van der Waals surface area contributed by atoms with Crippen molar-refractivity contribution < 1.29 is 39.7 Å². The van der Waals surface area contributed by atoms with Gasteiger partial charge in [-0.05, 0) is 52.2 Å². The predicted molar refractivity (Wildman–Crippen MR) is 174 cm³/mol. The SMILES string of the molecule is O=S(=O)(O)CCCN1C(=CC=CC=Cc2oc3cc4ccccc4cc3[n+]2CCCS(=O)(=O)O)Oc2cc3ccccc3cc21. The first kappa shape index (κ1) is 30.5. The maximum absolute atomic E-state index is 11.3. The molecule has 1 aliphatic heterocycles. The van der Waals surface area contributed by atoms with Gasteiger partial charge < -0.3 is 14.1 Å². The molecule has 5 aromatic rings. The van der Waals surface area contributed by atoms with Gasteiger partial charge in [-0.15, -0.1) is 0 Å². The molecule has 232 valence electrons. The average Bonchev–Trinajstić information content (AvgIpc) is 3.49. The Morgan fingerprint density at radius 1 is 0.756 bits per heavy atom. The molecule has 0 radical (unpaired) electrons. The number of aryl methyl sites for hydroxylation is 1. The normalized spacial score (nSPS) is 14.9. The molecule has 4 aromatic carbocycles. The molecule has 0 atom stereocenters. The van der Waals surface area contributed by atoms with Gasteiger partial charge in [0, 0.05) is 19.0 Å². The number of benzene rings is 4. The van der Waals surface area contributed by atoms with E-state index in [1.165, 1.54) is 0 Å². The molecule has 0 spiro atoms. The molecule has 0 bridgehead atoms. The minimum Gasteiger partial charge on any atom is -0.439 e. The van der Waals surface area contributed by atoms with Gasteiger partial charge in [0.15, 0.2) is 12.3 Å². The standard InChI is InChI=1S/C33H30N2O8S2/c36-44(37,38)18-8-16-34-28-20-24-10-4-6-12-26(24)22-30(28)42-32(34)14-2-1-3-15-33-35(17-9-19-45(39,40)41)29-21-25-11-5-7-13-27(25)23-31(29)43-33/h1-7,10-15,20-23H,8-9,16-19H2,(H-,36,37,38,39,40,41)/p+1. The lowest BCUT2D eigenvalue weighted by Crippen LogP contribution is -2.36. The summed E-state index contributed by atoms with van der Waals surface area (Å²) in [5, 5.41) is 4.06. The number of hydrogen-bond donors (Lipinski definition) is 2. The second kappa shape index (κ2) is 12.5. The number of rotatable bonds is 11. The third-order valence-corrected chi connectivity index (χ3v) is 9.07. The Kier molecular flexibility index (Phi) is 8.47. The number of allylic oxidation sites excluding steroid dienone is 4. The van der Waals surface area contributed by atoms with E-state index in [2.05, 4.69) is 0 Å². The van der Waals surface area contributed by atoms with Crippen molar-refractivity contribution in [2.75, 3.05) is 23.0 Å². The Labute approximate surface area is 260 Å². The van der Waals surface area contributed by atoms with Crippen molar-refractivity contribution in [1.29, 1.82) is 0 Å². The molecule has 10 nitrogen and oxygen atoms in total. The fourth-order valence-electron chi connectivity index (χ4n) is 5.43. The van der Waals surface area contributed by atoms with Crippen LogP contribution < -0.4 is 14.2 Å². The first-order valence-electron chi connectivity index (χ1n) is 14.3. The van der Waals surface area contributed by atoms with Crippen molar-refractivity contribution in [2.24, 2.45) is 0 Å². The van der Waals surface area contributed by atoms with Crippen molar-refractivity contribution in [2.45, 2.75) is 19.4 Å². The number of hydrogen-bond acceptors (Lipinski definition) is 7. The van der Waals surface area contributed by atoms with E-state index >= 15 is 0 Å². The van der Waals surface area contributed by atoms with E-state index < -0.39 is 20.2 Å². The third-order valence-electron chi connectivity index (χ3n) is 7.47. The smallest absolute Gasteiger partial charge is 0.374 e. The Bertz CT molecular complexity index is 2220. The Hall–Kier alpha value is -4.49. The summed E-state index contributed by atoms with van der Waals surface area (Å²) in [6.07, 6.45) is 9.31. The molecular formula is C33H31N2O8S2+. The predicted octanol–water partition coefficient (Wildman–Crippen LogP) is 5.89. The van der Waals surface area contributed by atoms with Gasteiger partial charge in [-0.1, -0.05) is 66.8 Å². The lowest BCUT2D eigenvalue weighted by Gasteiger charge is -2.18. The van der Waals surface area contributed by atoms with Gasteiger partial charge in [0.1, 0.15) is 0 Å². The summed E-state index contributed by atoms with van der Waals surface area (Å²) in [5.74, 6) is 0.939. The van der Waals surface area contributed by atoms with E-state index in [1.807, 2.05) is 82.3 Å². The van der Waals surface area contributed by atoms with Crippen molar-refractivity contribution in [3.63, 3.8) is 0 Å². The molecule has 6 rings (SSSR count). The lowest BCUT2D eigenvalue weighted by molar-refractivity contribution is -0.677. The van der Waals surface area contributed by atoms with E-state index in [4.69, 9.17) is 9.15 Å². The molecule has 12 heteroatoms. The maximum Gasteiger partial charge on any atom is 0.374 e. The van der Waals surface area contributed by atoms with E-state index in [0.717, 1.165) is 32.7 Å². The van der Waals surface area contributed by atoms with Crippen LogP contribution in [0.3, 0.4) is 0 Å². The Morgan fingerprint density at radius 3 is 2.07 bits per heavy atom. The second-order valence-electron chi connectivity index (χ2n) is 10.7. The van der Waals surface area contributed by atoms with Crippen LogP contribution >= 0.6 is 0 Å². The first-order chi connectivity index (χ1) is 21.5. The van der Waals surface area contributed by atoms with E-state index in [9.17, 15) is 25.9 Å². The van der Waals surface area contributed by atoms with Gasteiger partial charge >= 0.3 is 5.89 Å². The molecule has 0 saturated heterocycles. The van der Waals surface area contributed by atoms with Crippen LogP contribution in [0.15, 0.2) is 107 Å². The summed E-state index contributed by atoms with van der Waals surface area (Å²) in [6.45, 7) is 0.634. The summed E-state index contributed by atoms with van der Waals surface area (Å²) in [4.78, 5) is 1.88. The number of anilines is 1. The van der Waals surface area contributed by atoms with Crippen LogP contribution in [0.1, 0.15) is 18.7 Å². The molecule has 2 N–H and O–H groups in total. The summed E-state index contributed by atoms with van der Waals surface area (Å²) in [6, 6.07) is 23.6. The monoisotopic (exact) mass is 647 g/mol. The van der Waals surface area contributed by atoms with Crippen LogP contribution in [0.4, 0.5) is 5.69 Å². The highest BCUT2D eigenvalue weighted by atomic mass is 32.2. The molecule has 0 unspecified atom stereocenters. The van der Waals surface area contributed by atoms with Crippen LogP contribution in [0.25, 0.3) is 38.7 Å². The largest absolute Gasteiger partial charge is 0.439 e. The van der Waals surface area contributed by atoms with Crippen LogP contribution in [-0.2, 0) is 26.8 Å². The van der Waals surface area contributed by atoms with E-state index in [1.54, 1.807) is 30.4 Å². The number of aromatic nitrogens is 1. The van der Waals surface area contributed by atoms with Crippen LogP contribution in [0.2, 0.25) is 0 Å².